The molecule has 0 spiro atoms. The maximum atomic E-state index is 11.7. The Bertz CT molecular complexity index is 421. The van der Waals surface area contributed by atoms with Crippen LogP contribution in [0.3, 0.4) is 0 Å². The smallest absolute Gasteiger partial charge is 0.258 e. The molecule has 0 heterocycles. The van der Waals surface area contributed by atoms with E-state index in [2.05, 4.69) is 12.2 Å². The number of rotatable bonds is 7. The summed E-state index contributed by atoms with van der Waals surface area (Å²) in [5, 5.41) is 2.87. The SMILES string of the molecule is CCCC(C)NC(=O)COc1cc(N)ccc1OC. The van der Waals surface area contributed by atoms with Gasteiger partial charge in [0.25, 0.3) is 5.91 Å². The van der Waals surface area contributed by atoms with Crippen LogP contribution in [0.25, 0.3) is 0 Å². The fraction of sp³-hybridized carbons (Fsp3) is 0.500. The van der Waals surface area contributed by atoms with Gasteiger partial charge in [0, 0.05) is 17.8 Å². The fourth-order valence-corrected chi connectivity index (χ4v) is 1.77. The predicted molar refractivity (Wildman–Crippen MR) is 75.4 cm³/mol. The minimum Gasteiger partial charge on any atom is -0.493 e. The first kappa shape index (κ1) is 15.1. The molecule has 1 aromatic rings. The molecule has 19 heavy (non-hydrogen) atoms. The van der Waals surface area contributed by atoms with Crippen LogP contribution in [0.15, 0.2) is 18.2 Å². The van der Waals surface area contributed by atoms with Gasteiger partial charge in [-0.25, -0.2) is 0 Å². The van der Waals surface area contributed by atoms with Crippen molar-refractivity contribution in [3.63, 3.8) is 0 Å². The van der Waals surface area contributed by atoms with Crippen LogP contribution in [0.4, 0.5) is 5.69 Å². The number of hydrogen-bond donors (Lipinski definition) is 2. The van der Waals surface area contributed by atoms with E-state index in [1.165, 1.54) is 0 Å². The van der Waals surface area contributed by atoms with E-state index in [0.717, 1.165) is 12.8 Å². The second kappa shape index (κ2) is 7.51. The summed E-state index contributed by atoms with van der Waals surface area (Å²) in [4.78, 5) is 11.7. The third-order valence-electron chi connectivity index (χ3n) is 2.68. The molecule has 3 N–H and O–H groups in total. The van der Waals surface area contributed by atoms with Gasteiger partial charge in [0.2, 0.25) is 0 Å². The third kappa shape index (κ3) is 5.07. The molecule has 5 heteroatoms. The summed E-state index contributed by atoms with van der Waals surface area (Å²) in [6, 6.07) is 5.22. The molecular weight excluding hydrogens is 244 g/mol. The maximum absolute atomic E-state index is 11.7. The minimum atomic E-state index is -0.148. The summed E-state index contributed by atoms with van der Waals surface area (Å²) in [5.74, 6) is 0.884. The number of nitrogens with two attached hydrogens (primary N) is 1. The Morgan fingerprint density at radius 1 is 1.42 bits per heavy atom. The van der Waals surface area contributed by atoms with E-state index in [-0.39, 0.29) is 18.6 Å². The van der Waals surface area contributed by atoms with Crippen molar-refractivity contribution in [3.8, 4) is 11.5 Å². The molecule has 5 nitrogen and oxygen atoms in total. The Kier molecular flexibility index (Phi) is 5.99. The summed E-state index contributed by atoms with van der Waals surface area (Å²) in [7, 11) is 1.54. The number of anilines is 1. The topological polar surface area (TPSA) is 73.6 Å². The van der Waals surface area contributed by atoms with Crippen molar-refractivity contribution in [2.45, 2.75) is 32.7 Å². The number of nitrogen functional groups attached to an aromatic ring is 1. The number of carbonyl (C=O) groups is 1. The lowest BCUT2D eigenvalue weighted by atomic mass is 10.2. The summed E-state index contributed by atoms with van der Waals surface area (Å²) in [6.07, 6.45) is 1.98. The summed E-state index contributed by atoms with van der Waals surface area (Å²) >= 11 is 0. The molecule has 0 radical (unpaired) electrons. The van der Waals surface area contributed by atoms with Crippen LogP contribution < -0.4 is 20.5 Å². The van der Waals surface area contributed by atoms with Gasteiger partial charge < -0.3 is 20.5 Å². The molecule has 0 bridgehead atoms. The Labute approximate surface area is 114 Å². The van der Waals surface area contributed by atoms with Gasteiger partial charge in [-0.05, 0) is 25.5 Å². The zero-order valence-corrected chi connectivity index (χ0v) is 11.7. The number of amides is 1. The molecule has 1 rings (SSSR count). The first-order valence-corrected chi connectivity index (χ1v) is 6.42. The van der Waals surface area contributed by atoms with E-state index in [1.807, 2.05) is 6.92 Å². The first-order valence-electron chi connectivity index (χ1n) is 6.42. The standard InChI is InChI=1S/C14H22N2O3/c1-4-5-10(2)16-14(17)9-19-13-8-11(15)6-7-12(13)18-3/h6-8,10H,4-5,9,15H2,1-3H3,(H,16,17). The van der Waals surface area contributed by atoms with Crippen molar-refractivity contribution < 1.29 is 14.3 Å². The van der Waals surface area contributed by atoms with Gasteiger partial charge in [-0.2, -0.15) is 0 Å². The highest BCUT2D eigenvalue weighted by molar-refractivity contribution is 5.78. The number of carbonyl (C=O) groups excluding carboxylic acids is 1. The second-order valence-electron chi connectivity index (χ2n) is 4.46. The summed E-state index contributed by atoms with van der Waals surface area (Å²) in [5.41, 5.74) is 6.24. The molecule has 1 amide bonds. The Balaban J connectivity index is 2.52. The lowest BCUT2D eigenvalue weighted by Crippen LogP contribution is -2.35. The minimum absolute atomic E-state index is 0.0478. The molecule has 1 aromatic carbocycles. The predicted octanol–water partition coefficient (Wildman–Crippen LogP) is 1.96. The van der Waals surface area contributed by atoms with Gasteiger partial charge in [0.05, 0.1) is 7.11 Å². The Morgan fingerprint density at radius 3 is 2.79 bits per heavy atom. The highest BCUT2D eigenvalue weighted by Crippen LogP contribution is 2.28. The molecule has 1 unspecified atom stereocenters. The van der Waals surface area contributed by atoms with Crippen molar-refractivity contribution in [2.75, 3.05) is 19.5 Å². The number of benzene rings is 1. The van der Waals surface area contributed by atoms with Crippen molar-refractivity contribution in [3.05, 3.63) is 18.2 Å². The van der Waals surface area contributed by atoms with Crippen molar-refractivity contribution >= 4 is 11.6 Å². The first-order chi connectivity index (χ1) is 9.06. The lowest BCUT2D eigenvalue weighted by molar-refractivity contribution is -0.123. The zero-order chi connectivity index (χ0) is 14.3. The molecule has 0 aliphatic carbocycles. The van der Waals surface area contributed by atoms with Crippen molar-refractivity contribution in [1.29, 1.82) is 0 Å². The van der Waals surface area contributed by atoms with Gasteiger partial charge >= 0.3 is 0 Å². The van der Waals surface area contributed by atoms with Gasteiger partial charge in [0.15, 0.2) is 18.1 Å². The number of ether oxygens (including phenoxy) is 2. The van der Waals surface area contributed by atoms with E-state index in [9.17, 15) is 4.79 Å². The Morgan fingerprint density at radius 2 is 2.16 bits per heavy atom. The molecule has 0 aliphatic rings. The van der Waals surface area contributed by atoms with Crippen LogP contribution in [0, 0.1) is 0 Å². The molecule has 106 valence electrons. The molecule has 1 atom stereocenters. The van der Waals surface area contributed by atoms with Crippen molar-refractivity contribution in [1.82, 2.24) is 5.32 Å². The van der Waals surface area contributed by atoms with E-state index in [1.54, 1.807) is 25.3 Å². The van der Waals surface area contributed by atoms with Gasteiger partial charge in [-0.3, -0.25) is 4.79 Å². The number of methoxy groups -OCH3 is 1. The van der Waals surface area contributed by atoms with E-state index in [0.29, 0.717) is 17.2 Å². The van der Waals surface area contributed by atoms with Gasteiger partial charge in [-0.1, -0.05) is 13.3 Å². The molecule has 0 fully saturated rings. The van der Waals surface area contributed by atoms with Crippen LogP contribution in [0.2, 0.25) is 0 Å². The molecule has 0 aliphatic heterocycles. The van der Waals surface area contributed by atoms with Crippen LogP contribution in [-0.2, 0) is 4.79 Å². The van der Waals surface area contributed by atoms with E-state index >= 15 is 0 Å². The van der Waals surface area contributed by atoms with E-state index in [4.69, 9.17) is 15.2 Å². The third-order valence-corrected chi connectivity index (χ3v) is 2.68. The highest BCUT2D eigenvalue weighted by atomic mass is 16.5. The molecule has 0 aromatic heterocycles. The quantitative estimate of drug-likeness (QED) is 0.740. The molecular formula is C14H22N2O3. The van der Waals surface area contributed by atoms with Crippen LogP contribution in [0.5, 0.6) is 11.5 Å². The van der Waals surface area contributed by atoms with Crippen molar-refractivity contribution in [2.24, 2.45) is 0 Å². The maximum Gasteiger partial charge on any atom is 0.258 e. The fourth-order valence-electron chi connectivity index (χ4n) is 1.77. The summed E-state index contributed by atoms with van der Waals surface area (Å²) in [6.45, 7) is 4.01. The van der Waals surface area contributed by atoms with Crippen LogP contribution in [-0.4, -0.2) is 25.7 Å². The number of hydrogen-bond acceptors (Lipinski definition) is 4. The monoisotopic (exact) mass is 266 g/mol. The largest absolute Gasteiger partial charge is 0.493 e. The second-order valence-corrected chi connectivity index (χ2v) is 4.46. The Hall–Kier alpha value is -1.91. The van der Waals surface area contributed by atoms with Crippen LogP contribution >= 0.6 is 0 Å². The number of nitrogens with one attached hydrogen (secondary N) is 1. The average Bonchev–Trinajstić information content (AvgIpc) is 2.36. The average molecular weight is 266 g/mol. The zero-order valence-electron chi connectivity index (χ0n) is 11.7. The van der Waals surface area contributed by atoms with E-state index < -0.39 is 0 Å². The van der Waals surface area contributed by atoms with Crippen LogP contribution in [0.1, 0.15) is 26.7 Å². The lowest BCUT2D eigenvalue weighted by Gasteiger charge is -2.14. The normalized spacial score (nSPS) is 11.7. The molecule has 0 saturated carbocycles. The van der Waals surface area contributed by atoms with Gasteiger partial charge in [0.1, 0.15) is 0 Å². The summed E-state index contributed by atoms with van der Waals surface area (Å²) < 4.78 is 10.6. The molecule has 0 saturated heterocycles. The van der Waals surface area contributed by atoms with Gasteiger partial charge in [-0.15, -0.1) is 0 Å². The highest BCUT2D eigenvalue weighted by Gasteiger charge is 2.10.